The molecule has 0 saturated carbocycles. The van der Waals surface area contributed by atoms with Crippen molar-refractivity contribution < 1.29 is 13.7 Å². The van der Waals surface area contributed by atoms with Crippen molar-refractivity contribution in [3.63, 3.8) is 0 Å². The highest BCUT2D eigenvalue weighted by Crippen LogP contribution is 2.30. The van der Waals surface area contributed by atoms with Crippen molar-refractivity contribution in [1.29, 1.82) is 0 Å². The summed E-state index contributed by atoms with van der Waals surface area (Å²) in [7, 11) is 0. The van der Waals surface area contributed by atoms with E-state index in [0.717, 1.165) is 0 Å². The van der Waals surface area contributed by atoms with Crippen LogP contribution in [0.25, 0.3) is 0 Å². The van der Waals surface area contributed by atoms with E-state index in [1.807, 2.05) is 0 Å². The van der Waals surface area contributed by atoms with E-state index in [-0.39, 0.29) is 6.61 Å². The van der Waals surface area contributed by atoms with Crippen LogP contribution in [0.1, 0.15) is 13.8 Å². The first-order valence-electron chi connectivity index (χ1n) is 2.79. The van der Waals surface area contributed by atoms with Crippen molar-refractivity contribution in [3.05, 3.63) is 0 Å². The Bertz CT molecular complexity index is 116. The number of hydrogen-bond donors (Lipinski definition) is 0. The lowest BCUT2D eigenvalue weighted by Crippen LogP contribution is -2.58. The maximum atomic E-state index is 11.7. The summed E-state index contributed by atoms with van der Waals surface area (Å²) in [6, 6.07) is -0.725. The van der Waals surface area contributed by atoms with Crippen LogP contribution in [0.15, 0.2) is 0 Å². The summed E-state index contributed by atoms with van der Waals surface area (Å²) in [5, 5.41) is -0.788. The first-order valence-corrected chi connectivity index (χ1v) is 2.79. The van der Waals surface area contributed by atoms with E-state index in [0.29, 0.717) is 0 Å². The van der Waals surface area contributed by atoms with Crippen molar-refractivity contribution in [2.75, 3.05) is 6.61 Å². The highest BCUT2D eigenvalue weighted by molar-refractivity contribution is 4.91. The SMILES string of the molecule is CC1(C)OCC1N(F)F. The molecule has 0 amide bonds. The molecule has 0 aromatic heterocycles. The number of rotatable bonds is 1. The third-order valence-corrected chi connectivity index (χ3v) is 1.65. The van der Waals surface area contributed by atoms with Crippen LogP contribution in [0.3, 0.4) is 0 Å². The van der Waals surface area contributed by atoms with E-state index < -0.39 is 17.0 Å². The van der Waals surface area contributed by atoms with E-state index in [1.54, 1.807) is 13.8 Å². The van der Waals surface area contributed by atoms with Gasteiger partial charge in [0.05, 0.1) is 12.2 Å². The summed E-state index contributed by atoms with van der Waals surface area (Å²) in [6.45, 7) is 3.43. The molecule has 2 nitrogen and oxygen atoms in total. The number of ether oxygens (including phenoxy) is 1. The average molecular weight is 137 g/mol. The third-order valence-electron chi connectivity index (χ3n) is 1.65. The van der Waals surface area contributed by atoms with Gasteiger partial charge in [-0.05, 0) is 13.8 Å². The molecular formula is C5H9F2NO. The minimum atomic E-state index is -0.788. The van der Waals surface area contributed by atoms with Crippen LogP contribution in [-0.2, 0) is 4.74 Å². The van der Waals surface area contributed by atoms with Crippen molar-refractivity contribution in [3.8, 4) is 0 Å². The average Bonchev–Trinajstić information content (AvgIpc) is 1.62. The fourth-order valence-electron chi connectivity index (χ4n) is 0.783. The Balaban J connectivity index is 2.45. The van der Waals surface area contributed by atoms with Gasteiger partial charge >= 0.3 is 0 Å². The number of hydrogen-bond acceptors (Lipinski definition) is 2. The second kappa shape index (κ2) is 1.88. The lowest BCUT2D eigenvalue weighted by atomic mass is 9.94. The van der Waals surface area contributed by atoms with Crippen LogP contribution >= 0.6 is 0 Å². The maximum absolute atomic E-state index is 11.7. The molecule has 0 aromatic carbocycles. The molecule has 0 aliphatic carbocycles. The van der Waals surface area contributed by atoms with Crippen molar-refractivity contribution in [2.24, 2.45) is 0 Å². The summed E-state index contributed by atoms with van der Waals surface area (Å²) in [5.41, 5.74) is -0.663. The van der Waals surface area contributed by atoms with Gasteiger partial charge in [-0.1, -0.05) is 0 Å². The van der Waals surface area contributed by atoms with Crippen LogP contribution in [0.2, 0.25) is 0 Å². The standard InChI is InChI=1S/C5H9F2NO/c1-5(2)4(3-9-5)8(6)7/h4H,3H2,1-2H3. The third kappa shape index (κ3) is 1.04. The molecule has 4 heteroatoms. The van der Waals surface area contributed by atoms with Crippen molar-refractivity contribution in [2.45, 2.75) is 25.5 Å². The second-order valence-corrected chi connectivity index (χ2v) is 2.69. The van der Waals surface area contributed by atoms with Gasteiger partial charge in [-0.2, -0.15) is 0 Å². The van der Waals surface area contributed by atoms with Gasteiger partial charge in [0.1, 0.15) is 6.04 Å². The van der Waals surface area contributed by atoms with Gasteiger partial charge in [0.25, 0.3) is 0 Å². The van der Waals surface area contributed by atoms with E-state index >= 15 is 0 Å². The Hall–Kier alpha value is -0.220. The Morgan fingerprint density at radius 1 is 1.56 bits per heavy atom. The smallest absolute Gasteiger partial charge is 0.125 e. The van der Waals surface area contributed by atoms with Crippen molar-refractivity contribution in [1.82, 2.24) is 5.34 Å². The molecule has 1 rings (SSSR count). The molecule has 54 valence electrons. The fraction of sp³-hybridized carbons (Fsp3) is 1.00. The summed E-state index contributed by atoms with van der Waals surface area (Å²) >= 11 is 0. The molecule has 1 unspecified atom stereocenters. The van der Waals surface area contributed by atoms with Gasteiger partial charge < -0.3 is 4.74 Å². The fourth-order valence-corrected chi connectivity index (χ4v) is 0.783. The van der Waals surface area contributed by atoms with E-state index in [9.17, 15) is 8.96 Å². The molecule has 0 bridgehead atoms. The number of halogens is 2. The minimum absolute atomic E-state index is 0.139. The lowest BCUT2D eigenvalue weighted by Gasteiger charge is -2.43. The molecule has 0 radical (unpaired) electrons. The molecule has 1 aliphatic heterocycles. The summed E-state index contributed by atoms with van der Waals surface area (Å²) in [5.74, 6) is 0. The number of nitrogens with zero attached hydrogens (tertiary/aromatic N) is 1. The second-order valence-electron chi connectivity index (χ2n) is 2.69. The van der Waals surface area contributed by atoms with Crippen LogP contribution in [0.4, 0.5) is 8.96 Å². The Labute approximate surface area is 52.3 Å². The molecule has 0 N–H and O–H groups in total. The molecule has 1 heterocycles. The first kappa shape index (κ1) is 6.89. The molecule has 1 fully saturated rings. The quantitative estimate of drug-likeness (QED) is 0.504. The van der Waals surface area contributed by atoms with E-state index in [1.165, 1.54) is 0 Å². The van der Waals surface area contributed by atoms with E-state index in [4.69, 9.17) is 4.74 Å². The highest BCUT2D eigenvalue weighted by atomic mass is 19.4. The largest absolute Gasteiger partial charge is 0.372 e. The zero-order valence-electron chi connectivity index (χ0n) is 5.40. The Morgan fingerprint density at radius 3 is 2.11 bits per heavy atom. The van der Waals surface area contributed by atoms with Crippen molar-refractivity contribution >= 4 is 0 Å². The predicted molar refractivity (Wildman–Crippen MR) is 27.9 cm³/mol. The zero-order valence-corrected chi connectivity index (χ0v) is 5.40. The van der Waals surface area contributed by atoms with Gasteiger partial charge in [-0.15, -0.1) is 8.96 Å². The summed E-state index contributed by atoms with van der Waals surface area (Å²) in [4.78, 5) is 0. The molecule has 1 aliphatic rings. The lowest BCUT2D eigenvalue weighted by molar-refractivity contribution is -0.304. The zero-order chi connectivity index (χ0) is 7.07. The minimum Gasteiger partial charge on any atom is -0.372 e. The van der Waals surface area contributed by atoms with Crippen LogP contribution in [-0.4, -0.2) is 23.6 Å². The summed E-state index contributed by atoms with van der Waals surface area (Å²) in [6.07, 6.45) is 0. The predicted octanol–water partition coefficient (Wildman–Crippen LogP) is 1.23. The summed E-state index contributed by atoms with van der Waals surface area (Å²) < 4.78 is 28.3. The Morgan fingerprint density at radius 2 is 2.11 bits per heavy atom. The van der Waals surface area contributed by atoms with Crippen LogP contribution in [0.5, 0.6) is 0 Å². The van der Waals surface area contributed by atoms with Gasteiger partial charge in [-0.3, -0.25) is 0 Å². The monoisotopic (exact) mass is 137 g/mol. The molecule has 0 spiro atoms. The van der Waals surface area contributed by atoms with Crippen LogP contribution < -0.4 is 0 Å². The molecule has 1 atom stereocenters. The first-order chi connectivity index (χ1) is 4.04. The van der Waals surface area contributed by atoms with Gasteiger partial charge in [0, 0.05) is 5.34 Å². The van der Waals surface area contributed by atoms with Gasteiger partial charge in [0.15, 0.2) is 0 Å². The Kier molecular flexibility index (Phi) is 1.44. The molecule has 1 saturated heterocycles. The topological polar surface area (TPSA) is 12.5 Å². The van der Waals surface area contributed by atoms with Gasteiger partial charge in [0.2, 0.25) is 0 Å². The molecule has 9 heavy (non-hydrogen) atoms. The highest BCUT2D eigenvalue weighted by Gasteiger charge is 2.45. The maximum Gasteiger partial charge on any atom is 0.125 e. The normalized spacial score (nSPS) is 32.3. The van der Waals surface area contributed by atoms with Crippen LogP contribution in [0, 0.1) is 0 Å². The molecule has 0 aromatic rings. The van der Waals surface area contributed by atoms with Gasteiger partial charge in [-0.25, -0.2) is 0 Å². The molecular weight excluding hydrogens is 128 g/mol. The van der Waals surface area contributed by atoms with E-state index in [2.05, 4.69) is 0 Å².